The number of halogens is 2. The third-order valence-electron chi connectivity index (χ3n) is 3.89. The number of hydrazine groups is 1. The molecule has 1 aromatic heterocycles. The molecular formula is C18H18Cl2N4O3. The number of pyridine rings is 1. The molecule has 0 saturated carbocycles. The second-order valence-corrected chi connectivity index (χ2v) is 6.76. The van der Waals surface area contributed by atoms with E-state index in [1.807, 2.05) is 6.92 Å². The average Bonchev–Trinajstić information content (AvgIpc) is 2.93. The average molecular weight is 409 g/mol. The van der Waals surface area contributed by atoms with Gasteiger partial charge in [-0.1, -0.05) is 30.1 Å². The van der Waals surface area contributed by atoms with Crippen molar-refractivity contribution in [3.8, 4) is 5.75 Å². The van der Waals surface area contributed by atoms with E-state index in [1.54, 1.807) is 24.3 Å². The van der Waals surface area contributed by atoms with Crippen molar-refractivity contribution in [2.75, 3.05) is 16.9 Å². The van der Waals surface area contributed by atoms with Crippen LogP contribution in [0.15, 0.2) is 36.5 Å². The molecule has 7 nitrogen and oxygen atoms in total. The van der Waals surface area contributed by atoms with E-state index in [4.69, 9.17) is 27.9 Å². The second kappa shape index (κ2) is 8.56. The van der Waals surface area contributed by atoms with Crippen molar-refractivity contribution >= 4 is 46.5 Å². The zero-order valence-electron chi connectivity index (χ0n) is 14.5. The maximum Gasteiger partial charge on any atom is 0.253 e. The van der Waals surface area contributed by atoms with E-state index in [0.717, 1.165) is 11.3 Å². The van der Waals surface area contributed by atoms with Crippen LogP contribution < -0.4 is 20.5 Å². The van der Waals surface area contributed by atoms with Crippen LogP contribution in [0.25, 0.3) is 0 Å². The molecule has 0 bridgehead atoms. The first-order valence-electron chi connectivity index (χ1n) is 8.42. The van der Waals surface area contributed by atoms with Crippen molar-refractivity contribution in [2.24, 2.45) is 0 Å². The Bertz CT molecular complexity index is 845. The number of benzene rings is 1. The van der Waals surface area contributed by atoms with Crippen molar-refractivity contribution in [1.29, 1.82) is 0 Å². The molecule has 0 spiro atoms. The monoisotopic (exact) mass is 408 g/mol. The standard InChI is InChI=1S/C18H18Cl2N4O3/c1-2-7-27-13-5-3-12(4-6-13)24-16(25)9-15(18(24)26)22-23-17-14(20)8-11(19)10-21-17/h3-6,8,10,15,22H,2,7,9H2,1H3,(H,21,23). The highest BCUT2D eigenvalue weighted by molar-refractivity contribution is 6.36. The number of amides is 2. The molecule has 9 heteroatoms. The minimum atomic E-state index is -0.734. The lowest BCUT2D eigenvalue weighted by Crippen LogP contribution is -2.41. The highest BCUT2D eigenvalue weighted by Crippen LogP contribution is 2.26. The summed E-state index contributed by atoms with van der Waals surface area (Å²) in [5.74, 6) is 0.355. The van der Waals surface area contributed by atoms with Gasteiger partial charge < -0.3 is 10.2 Å². The van der Waals surface area contributed by atoms with Gasteiger partial charge in [0.05, 0.1) is 28.8 Å². The van der Waals surface area contributed by atoms with E-state index in [2.05, 4.69) is 15.8 Å². The number of aromatic nitrogens is 1. The number of carbonyl (C=O) groups is 2. The molecule has 2 N–H and O–H groups in total. The van der Waals surface area contributed by atoms with Gasteiger partial charge in [-0.25, -0.2) is 15.3 Å². The van der Waals surface area contributed by atoms with Gasteiger partial charge in [0, 0.05) is 6.20 Å². The molecule has 1 aliphatic heterocycles. The van der Waals surface area contributed by atoms with Crippen molar-refractivity contribution in [3.05, 3.63) is 46.6 Å². The molecule has 27 heavy (non-hydrogen) atoms. The fourth-order valence-corrected chi connectivity index (χ4v) is 3.02. The van der Waals surface area contributed by atoms with Crippen LogP contribution in [-0.4, -0.2) is 29.4 Å². The topological polar surface area (TPSA) is 83.6 Å². The Morgan fingerprint density at radius 1 is 1.26 bits per heavy atom. The highest BCUT2D eigenvalue weighted by Gasteiger charge is 2.39. The Hall–Kier alpha value is -2.35. The maximum absolute atomic E-state index is 12.6. The van der Waals surface area contributed by atoms with Gasteiger partial charge in [-0.05, 0) is 36.8 Å². The Morgan fingerprint density at radius 2 is 2.00 bits per heavy atom. The summed E-state index contributed by atoms with van der Waals surface area (Å²) < 4.78 is 5.52. The molecule has 1 atom stereocenters. The Morgan fingerprint density at radius 3 is 2.67 bits per heavy atom. The van der Waals surface area contributed by atoms with Gasteiger partial charge in [0.1, 0.15) is 11.8 Å². The Labute approximate surface area is 166 Å². The SMILES string of the molecule is CCCOc1ccc(N2C(=O)CC(NNc3ncc(Cl)cc3Cl)C2=O)cc1. The highest BCUT2D eigenvalue weighted by atomic mass is 35.5. The zero-order chi connectivity index (χ0) is 19.4. The minimum absolute atomic E-state index is 0.0190. The quantitative estimate of drug-likeness (QED) is 0.539. The zero-order valence-corrected chi connectivity index (χ0v) is 16.0. The normalized spacial score (nSPS) is 16.7. The smallest absolute Gasteiger partial charge is 0.253 e. The van der Waals surface area contributed by atoms with Crippen molar-refractivity contribution in [1.82, 2.24) is 10.4 Å². The van der Waals surface area contributed by atoms with Crippen LogP contribution in [0.4, 0.5) is 11.5 Å². The van der Waals surface area contributed by atoms with Crippen molar-refractivity contribution < 1.29 is 14.3 Å². The summed E-state index contributed by atoms with van der Waals surface area (Å²) in [6.45, 7) is 2.63. The van der Waals surface area contributed by atoms with Gasteiger partial charge in [0.15, 0.2) is 5.82 Å². The molecule has 1 unspecified atom stereocenters. The predicted octanol–water partition coefficient (Wildman–Crippen LogP) is 3.43. The summed E-state index contributed by atoms with van der Waals surface area (Å²) >= 11 is 11.8. The summed E-state index contributed by atoms with van der Waals surface area (Å²) in [5.41, 5.74) is 6.07. The van der Waals surface area contributed by atoms with Gasteiger partial charge in [-0.2, -0.15) is 0 Å². The van der Waals surface area contributed by atoms with Crippen molar-refractivity contribution in [3.63, 3.8) is 0 Å². The van der Waals surface area contributed by atoms with Crippen LogP contribution in [-0.2, 0) is 9.59 Å². The molecule has 3 rings (SSSR count). The first-order valence-corrected chi connectivity index (χ1v) is 9.17. The van der Waals surface area contributed by atoms with Gasteiger partial charge >= 0.3 is 0 Å². The number of ether oxygens (including phenoxy) is 1. The van der Waals surface area contributed by atoms with Gasteiger partial charge in [-0.15, -0.1) is 0 Å². The van der Waals surface area contributed by atoms with E-state index in [9.17, 15) is 9.59 Å². The Kier molecular flexibility index (Phi) is 6.15. The van der Waals surface area contributed by atoms with Crippen LogP contribution in [0.2, 0.25) is 10.0 Å². The number of nitrogens with one attached hydrogen (secondary N) is 2. The molecule has 1 aliphatic rings. The van der Waals surface area contributed by atoms with E-state index < -0.39 is 6.04 Å². The summed E-state index contributed by atoms with van der Waals surface area (Å²) in [7, 11) is 0. The number of rotatable bonds is 7. The number of hydrogen-bond donors (Lipinski definition) is 2. The van der Waals surface area contributed by atoms with E-state index >= 15 is 0 Å². The third kappa shape index (κ3) is 4.50. The molecule has 2 heterocycles. The fraction of sp³-hybridized carbons (Fsp3) is 0.278. The summed E-state index contributed by atoms with van der Waals surface area (Å²) in [4.78, 5) is 30.1. The van der Waals surface area contributed by atoms with Crippen LogP contribution in [0, 0.1) is 0 Å². The van der Waals surface area contributed by atoms with Gasteiger partial charge in [0.25, 0.3) is 5.91 Å². The maximum atomic E-state index is 12.6. The molecule has 0 aliphatic carbocycles. The summed E-state index contributed by atoms with van der Waals surface area (Å²) in [6.07, 6.45) is 2.34. The first-order chi connectivity index (χ1) is 13.0. The number of anilines is 2. The molecule has 142 valence electrons. The van der Waals surface area contributed by atoms with Gasteiger partial charge in [-0.3, -0.25) is 9.59 Å². The molecule has 1 fully saturated rings. The predicted molar refractivity (Wildman–Crippen MR) is 104 cm³/mol. The molecule has 1 saturated heterocycles. The first kappa shape index (κ1) is 19.4. The lowest BCUT2D eigenvalue weighted by atomic mass is 10.2. The van der Waals surface area contributed by atoms with Crippen LogP contribution in [0.3, 0.4) is 0 Å². The van der Waals surface area contributed by atoms with Crippen LogP contribution in [0.5, 0.6) is 5.75 Å². The molecule has 0 radical (unpaired) electrons. The number of carbonyl (C=O) groups excluding carboxylic acids is 2. The fourth-order valence-electron chi connectivity index (χ4n) is 2.59. The Balaban J connectivity index is 1.65. The number of imide groups is 1. The van der Waals surface area contributed by atoms with E-state index in [0.29, 0.717) is 33.9 Å². The number of hydrogen-bond acceptors (Lipinski definition) is 6. The summed E-state index contributed by atoms with van der Waals surface area (Å²) in [6, 6.07) is 7.64. The summed E-state index contributed by atoms with van der Waals surface area (Å²) in [5, 5.41) is 0.696. The van der Waals surface area contributed by atoms with E-state index in [1.165, 1.54) is 12.3 Å². The van der Waals surface area contributed by atoms with Crippen LogP contribution >= 0.6 is 23.2 Å². The van der Waals surface area contributed by atoms with Crippen molar-refractivity contribution in [2.45, 2.75) is 25.8 Å². The third-order valence-corrected chi connectivity index (χ3v) is 4.38. The number of nitrogens with zero attached hydrogens (tertiary/aromatic N) is 2. The lowest BCUT2D eigenvalue weighted by Gasteiger charge is -2.17. The lowest BCUT2D eigenvalue weighted by molar-refractivity contribution is -0.121. The molecule has 1 aromatic carbocycles. The molecule has 2 amide bonds. The van der Waals surface area contributed by atoms with Crippen LogP contribution in [0.1, 0.15) is 19.8 Å². The van der Waals surface area contributed by atoms with Gasteiger partial charge in [0.2, 0.25) is 5.91 Å². The minimum Gasteiger partial charge on any atom is -0.494 e. The molecule has 2 aromatic rings. The second-order valence-electron chi connectivity index (χ2n) is 5.92. The van der Waals surface area contributed by atoms with E-state index in [-0.39, 0.29) is 18.2 Å². The molecular weight excluding hydrogens is 391 g/mol. The largest absolute Gasteiger partial charge is 0.494 e.